The molecule has 1 unspecified atom stereocenters. The molecule has 0 aromatic heterocycles. The first-order chi connectivity index (χ1) is 9.02. The summed E-state index contributed by atoms with van der Waals surface area (Å²) in [5, 5.41) is 2.90. The second-order valence-corrected chi connectivity index (χ2v) is 4.22. The van der Waals surface area contributed by atoms with Gasteiger partial charge in [-0.15, -0.1) is 0 Å². The van der Waals surface area contributed by atoms with Gasteiger partial charge >= 0.3 is 0 Å². The molecule has 5 nitrogen and oxygen atoms in total. The Balaban J connectivity index is 2.34. The van der Waals surface area contributed by atoms with Crippen LogP contribution in [-0.4, -0.2) is 42.4 Å². The zero-order valence-corrected chi connectivity index (χ0v) is 10.0. The number of piperazine rings is 1. The van der Waals surface area contributed by atoms with Crippen molar-refractivity contribution in [3.05, 3.63) is 35.4 Å². The number of carbonyl (C=O) groups excluding carboxylic acids is 2. The molecule has 1 aliphatic rings. The highest BCUT2D eigenvalue weighted by atomic mass is 19.1. The van der Waals surface area contributed by atoms with Gasteiger partial charge in [-0.25, -0.2) is 8.78 Å². The Morgan fingerprint density at radius 2 is 1.95 bits per heavy atom. The molecule has 0 spiro atoms. The van der Waals surface area contributed by atoms with Crippen LogP contribution in [0.3, 0.4) is 0 Å². The van der Waals surface area contributed by atoms with E-state index in [0.717, 1.165) is 17.0 Å². The van der Waals surface area contributed by atoms with Crippen molar-refractivity contribution in [1.29, 1.82) is 0 Å². The molecule has 1 atom stereocenters. The van der Waals surface area contributed by atoms with Crippen LogP contribution in [-0.2, 0) is 4.79 Å². The smallest absolute Gasteiger partial charge is 0.260 e. The number of rotatable bonds is 2. The first-order valence-electron chi connectivity index (χ1n) is 5.77. The predicted molar refractivity (Wildman–Crippen MR) is 63.2 cm³/mol. The summed E-state index contributed by atoms with van der Waals surface area (Å²) in [4.78, 5) is 24.5. The van der Waals surface area contributed by atoms with Crippen molar-refractivity contribution in [3.8, 4) is 0 Å². The maximum absolute atomic E-state index is 13.6. The third-order valence-corrected chi connectivity index (χ3v) is 3.01. The zero-order valence-electron chi connectivity index (χ0n) is 10.0. The lowest BCUT2D eigenvalue weighted by molar-refractivity contribution is -0.122. The first-order valence-corrected chi connectivity index (χ1v) is 5.77. The fraction of sp³-hybridized carbons (Fsp3) is 0.333. The van der Waals surface area contributed by atoms with Crippen LogP contribution in [0.1, 0.15) is 10.4 Å². The van der Waals surface area contributed by atoms with Crippen molar-refractivity contribution < 1.29 is 18.4 Å². The third-order valence-electron chi connectivity index (χ3n) is 3.01. The summed E-state index contributed by atoms with van der Waals surface area (Å²) < 4.78 is 27.1. The number of amides is 2. The van der Waals surface area contributed by atoms with Gasteiger partial charge in [-0.2, -0.15) is 0 Å². The number of nitrogens with one attached hydrogen (secondary N) is 1. The van der Waals surface area contributed by atoms with Crippen LogP contribution in [0.25, 0.3) is 0 Å². The molecule has 1 heterocycles. The molecule has 0 bridgehead atoms. The van der Waals surface area contributed by atoms with E-state index in [4.69, 9.17) is 5.73 Å². The van der Waals surface area contributed by atoms with Gasteiger partial charge < -0.3 is 16.0 Å². The highest BCUT2D eigenvalue weighted by Crippen LogP contribution is 2.17. The minimum absolute atomic E-state index is 0.167. The average Bonchev–Trinajstić information content (AvgIpc) is 2.38. The fourth-order valence-electron chi connectivity index (χ4n) is 2.05. The molecule has 2 rings (SSSR count). The second kappa shape index (κ2) is 5.31. The summed E-state index contributed by atoms with van der Waals surface area (Å²) in [6.07, 6.45) is 0. The highest BCUT2D eigenvalue weighted by Gasteiger charge is 2.33. The predicted octanol–water partition coefficient (Wildman–Crippen LogP) is -0.136. The largest absolute Gasteiger partial charge is 0.368 e. The van der Waals surface area contributed by atoms with Gasteiger partial charge in [0.1, 0.15) is 23.2 Å². The Morgan fingerprint density at radius 1 is 1.32 bits per heavy atom. The van der Waals surface area contributed by atoms with Gasteiger partial charge in [-0.1, -0.05) is 6.07 Å². The average molecular weight is 269 g/mol. The molecule has 102 valence electrons. The van der Waals surface area contributed by atoms with Gasteiger partial charge in [-0.3, -0.25) is 9.59 Å². The minimum atomic E-state index is -0.952. The van der Waals surface area contributed by atoms with E-state index in [0.29, 0.717) is 6.54 Å². The Morgan fingerprint density at radius 3 is 2.53 bits per heavy atom. The van der Waals surface area contributed by atoms with Crippen LogP contribution in [0.2, 0.25) is 0 Å². The Hall–Kier alpha value is -2.02. The third kappa shape index (κ3) is 2.55. The molecule has 3 N–H and O–H groups in total. The van der Waals surface area contributed by atoms with E-state index in [-0.39, 0.29) is 13.1 Å². The van der Waals surface area contributed by atoms with E-state index < -0.39 is 35.1 Å². The quantitative estimate of drug-likeness (QED) is 0.785. The monoisotopic (exact) mass is 269 g/mol. The molecule has 2 amide bonds. The molecule has 7 heteroatoms. The highest BCUT2D eigenvalue weighted by molar-refractivity contribution is 5.98. The van der Waals surface area contributed by atoms with Gasteiger partial charge in [-0.05, 0) is 12.1 Å². The molecular weight excluding hydrogens is 256 g/mol. The lowest BCUT2D eigenvalue weighted by Gasteiger charge is -2.34. The van der Waals surface area contributed by atoms with Crippen molar-refractivity contribution in [2.45, 2.75) is 6.04 Å². The summed E-state index contributed by atoms with van der Waals surface area (Å²) in [6, 6.07) is 2.26. The fourth-order valence-corrected chi connectivity index (χ4v) is 2.05. The molecule has 1 fully saturated rings. The molecular formula is C12H13F2N3O2. The van der Waals surface area contributed by atoms with Crippen molar-refractivity contribution >= 4 is 11.8 Å². The van der Waals surface area contributed by atoms with Crippen LogP contribution >= 0.6 is 0 Å². The summed E-state index contributed by atoms with van der Waals surface area (Å²) in [5.41, 5.74) is 4.53. The van der Waals surface area contributed by atoms with Crippen LogP contribution in [0.15, 0.2) is 18.2 Å². The normalized spacial score (nSPS) is 19.3. The molecule has 1 saturated heterocycles. The number of carbonyl (C=O) groups is 2. The molecule has 19 heavy (non-hydrogen) atoms. The zero-order chi connectivity index (χ0) is 14.0. The van der Waals surface area contributed by atoms with Gasteiger partial charge in [0, 0.05) is 19.6 Å². The van der Waals surface area contributed by atoms with Gasteiger partial charge in [0.2, 0.25) is 5.91 Å². The van der Waals surface area contributed by atoms with Crippen molar-refractivity contribution in [3.63, 3.8) is 0 Å². The van der Waals surface area contributed by atoms with E-state index in [1.165, 1.54) is 6.07 Å². The maximum Gasteiger partial charge on any atom is 0.260 e. The van der Waals surface area contributed by atoms with Gasteiger partial charge in [0.25, 0.3) is 5.91 Å². The van der Waals surface area contributed by atoms with E-state index in [1.54, 1.807) is 0 Å². The summed E-state index contributed by atoms with van der Waals surface area (Å²) >= 11 is 0. The van der Waals surface area contributed by atoms with E-state index >= 15 is 0 Å². The van der Waals surface area contributed by atoms with Crippen molar-refractivity contribution in [1.82, 2.24) is 10.2 Å². The summed E-state index contributed by atoms with van der Waals surface area (Å²) in [7, 11) is 0. The van der Waals surface area contributed by atoms with Gasteiger partial charge in [0.15, 0.2) is 0 Å². The SMILES string of the molecule is NC(=O)C1CNCCN1C(=O)c1c(F)cccc1F. The Kier molecular flexibility index (Phi) is 3.75. The van der Waals surface area contributed by atoms with Crippen LogP contribution in [0.5, 0.6) is 0 Å². The van der Waals surface area contributed by atoms with Crippen LogP contribution < -0.4 is 11.1 Å². The number of nitrogens with two attached hydrogens (primary N) is 1. The minimum Gasteiger partial charge on any atom is -0.368 e. The molecule has 0 radical (unpaired) electrons. The molecule has 1 aliphatic heterocycles. The first kappa shape index (κ1) is 13.4. The van der Waals surface area contributed by atoms with Gasteiger partial charge in [0.05, 0.1) is 0 Å². The maximum atomic E-state index is 13.6. The Bertz CT molecular complexity index is 501. The number of halogens is 2. The van der Waals surface area contributed by atoms with E-state index in [1.807, 2.05) is 0 Å². The molecule has 0 saturated carbocycles. The van der Waals surface area contributed by atoms with E-state index in [2.05, 4.69) is 5.32 Å². The van der Waals surface area contributed by atoms with Crippen molar-refractivity contribution in [2.75, 3.05) is 19.6 Å². The standard InChI is InChI=1S/C12H13F2N3O2/c13-7-2-1-3-8(14)10(7)12(19)17-5-4-16-6-9(17)11(15)18/h1-3,9,16H,4-6H2,(H2,15,18). The Labute approximate surface area is 108 Å². The number of hydrogen-bond donors (Lipinski definition) is 2. The lowest BCUT2D eigenvalue weighted by atomic mass is 10.1. The van der Waals surface area contributed by atoms with Crippen LogP contribution in [0.4, 0.5) is 8.78 Å². The number of hydrogen-bond acceptors (Lipinski definition) is 3. The lowest BCUT2D eigenvalue weighted by Crippen LogP contribution is -2.58. The number of primary amides is 1. The van der Waals surface area contributed by atoms with Crippen LogP contribution in [0, 0.1) is 11.6 Å². The number of nitrogens with zero attached hydrogens (tertiary/aromatic N) is 1. The summed E-state index contributed by atoms with van der Waals surface area (Å²) in [5.74, 6) is -3.48. The molecule has 1 aromatic carbocycles. The topological polar surface area (TPSA) is 75.4 Å². The second-order valence-electron chi connectivity index (χ2n) is 4.22. The molecule has 1 aromatic rings. The van der Waals surface area contributed by atoms with Crippen molar-refractivity contribution in [2.24, 2.45) is 5.73 Å². The number of benzene rings is 1. The molecule has 0 aliphatic carbocycles. The van der Waals surface area contributed by atoms with E-state index in [9.17, 15) is 18.4 Å². The summed E-state index contributed by atoms with van der Waals surface area (Å²) in [6.45, 7) is 0.781.